The molecule has 0 amide bonds. The molecule has 0 atom stereocenters. The van der Waals surface area contributed by atoms with Gasteiger partial charge in [0.25, 0.3) is 0 Å². The topological polar surface area (TPSA) is 17.1 Å². The van der Waals surface area contributed by atoms with Crippen molar-refractivity contribution in [2.75, 3.05) is 0 Å². The van der Waals surface area contributed by atoms with Crippen LogP contribution in [0.15, 0.2) is 0 Å². The molecule has 46 valence electrons. The van der Waals surface area contributed by atoms with Crippen LogP contribution in [0.25, 0.3) is 0 Å². The number of Topliss-reactive ketones (excluding diaryl/α,β-unsaturated/α-hetero) is 1. The van der Waals surface area contributed by atoms with Gasteiger partial charge in [0, 0.05) is 12.8 Å². The number of hydrogen-bond acceptors (Lipinski definition) is 1. The molecule has 0 heterocycles. The summed E-state index contributed by atoms with van der Waals surface area (Å²) in [6.45, 7) is 3.88. The van der Waals surface area contributed by atoms with Crippen molar-refractivity contribution in [2.24, 2.45) is 5.92 Å². The minimum Gasteiger partial charge on any atom is -0.340 e. The van der Waals surface area contributed by atoms with Gasteiger partial charge in [-0.05, 0) is 0 Å². The Morgan fingerprint density at radius 3 is 2.11 bits per heavy atom. The zero-order valence-electron chi connectivity index (χ0n) is 6.02. The Balaban J connectivity index is 0.000000640. The first-order valence-electron chi connectivity index (χ1n) is 3.14. The molecule has 0 radical (unpaired) electrons. The maximum Gasteiger partial charge on any atom is 1.00 e. The second-order valence-electron chi connectivity index (χ2n) is 2.48. The third-order valence-corrected chi connectivity index (χ3v) is 1.66. The monoisotopic (exact) mass is 196 g/mol. The van der Waals surface area contributed by atoms with Gasteiger partial charge in [0.1, 0.15) is 5.78 Å². The van der Waals surface area contributed by atoms with Crippen LogP contribution >= 0.6 is 0 Å². The molecule has 0 N–H and O–H groups in total. The number of carbonyl (C=O) groups excluding carboxylic acids is 1. The van der Waals surface area contributed by atoms with Gasteiger partial charge in [-0.3, -0.25) is 4.79 Å². The van der Waals surface area contributed by atoms with E-state index in [1.807, 2.05) is 0 Å². The molecule has 0 aromatic carbocycles. The molecule has 1 aliphatic rings. The molecular weight excluding hydrogens is 186 g/mol. The van der Waals surface area contributed by atoms with Crippen LogP contribution in [0.5, 0.6) is 0 Å². The number of hydrogen-bond donors (Lipinski definition) is 0. The Morgan fingerprint density at radius 1 is 1.33 bits per heavy atom. The quantitative estimate of drug-likeness (QED) is 0.435. The minimum absolute atomic E-state index is 0. The van der Waals surface area contributed by atoms with E-state index >= 15 is 0 Å². The van der Waals surface area contributed by atoms with Gasteiger partial charge in [0.2, 0.25) is 0 Å². The van der Waals surface area contributed by atoms with Crippen molar-refractivity contribution in [1.29, 1.82) is 0 Å². The molecule has 1 nitrogen and oxygen atoms in total. The van der Waals surface area contributed by atoms with Gasteiger partial charge in [-0.15, -0.1) is 0 Å². The Labute approximate surface area is 105 Å². The molecule has 9 heavy (non-hydrogen) atoms. The van der Waals surface area contributed by atoms with Crippen LogP contribution in [0.3, 0.4) is 0 Å². The normalized spacial score (nSPS) is 21.2. The van der Waals surface area contributed by atoms with Crippen molar-refractivity contribution < 1.29 is 63.0 Å². The third-order valence-electron chi connectivity index (χ3n) is 1.66. The summed E-state index contributed by atoms with van der Waals surface area (Å²) in [6.07, 6.45) is 3.57. The summed E-state index contributed by atoms with van der Waals surface area (Å²) >= 11 is 0. The van der Waals surface area contributed by atoms with E-state index in [9.17, 15) is 4.79 Å². The van der Waals surface area contributed by atoms with Crippen molar-refractivity contribution in [3.05, 3.63) is 6.92 Å². The Morgan fingerprint density at radius 2 is 1.78 bits per heavy atom. The van der Waals surface area contributed by atoms with Crippen LogP contribution in [0.1, 0.15) is 25.7 Å². The van der Waals surface area contributed by atoms with E-state index in [4.69, 9.17) is 0 Å². The second kappa shape index (κ2) is 5.17. The predicted molar refractivity (Wildman–Crippen MR) is 32.3 cm³/mol. The summed E-state index contributed by atoms with van der Waals surface area (Å²) in [5.41, 5.74) is 0. The zero-order chi connectivity index (χ0) is 5.98. The molecular formula is C7H11ORb. The van der Waals surface area contributed by atoms with Crippen LogP contribution in [0.4, 0.5) is 0 Å². The number of carbonyl (C=O) groups is 1. The smallest absolute Gasteiger partial charge is 0.340 e. The standard InChI is InChI=1S/C7H11O.Rb/c1-6-2-4-7(8)5-3-6;/h6H,1-5H2;/q-1;+1. The molecule has 1 rings (SSSR count). The molecule has 0 spiro atoms. The molecule has 2 heteroatoms. The second-order valence-corrected chi connectivity index (χ2v) is 2.48. The van der Waals surface area contributed by atoms with Crippen LogP contribution in [0, 0.1) is 12.8 Å². The fourth-order valence-corrected chi connectivity index (χ4v) is 1.000. The molecule has 0 saturated heterocycles. The maximum atomic E-state index is 10.6. The van der Waals surface area contributed by atoms with E-state index in [1.165, 1.54) is 0 Å². The van der Waals surface area contributed by atoms with Crippen LogP contribution in [-0.4, -0.2) is 5.78 Å². The van der Waals surface area contributed by atoms with Crippen molar-refractivity contribution in [1.82, 2.24) is 0 Å². The maximum absolute atomic E-state index is 10.6. The SMILES string of the molecule is [CH2-]C1CCC(=O)CC1.[Rb+]. The van der Waals surface area contributed by atoms with E-state index in [1.54, 1.807) is 0 Å². The summed E-state index contributed by atoms with van der Waals surface area (Å²) in [5.74, 6) is 0.970. The molecule has 1 aliphatic carbocycles. The average Bonchev–Trinajstić information content (AvgIpc) is 1.77. The van der Waals surface area contributed by atoms with Gasteiger partial charge in [0.15, 0.2) is 0 Å². The Hall–Kier alpha value is 1.48. The summed E-state index contributed by atoms with van der Waals surface area (Å²) in [7, 11) is 0. The van der Waals surface area contributed by atoms with Crippen molar-refractivity contribution in [3.8, 4) is 0 Å². The Kier molecular flexibility index (Phi) is 6.02. The van der Waals surface area contributed by atoms with Crippen LogP contribution in [-0.2, 0) is 4.79 Å². The van der Waals surface area contributed by atoms with Gasteiger partial charge in [-0.1, -0.05) is 12.8 Å². The van der Waals surface area contributed by atoms with E-state index < -0.39 is 0 Å². The van der Waals surface area contributed by atoms with Crippen molar-refractivity contribution in [2.45, 2.75) is 25.7 Å². The number of ketones is 1. The average molecular weight is 197 g/mol. The molecule has 0 aromatic heterocycles. The van der Waals surface area contributed by atoms with Gasteiger partial charge in [0.05, 0.1) is 0 Å². The van der Waals surface area contributed by atoms with E-state index in [0.717, 1.165) is 25.7 Å². The zero-order valence-corrected chi connectivity index (χ0v) is 10.9. The van der Waals surface area contributed by atoms with Crippen molar-refractivity contribution >= 4 is 5.78 Å². The largest absolute Gasteiger partial charge is 1.00 e. The van der Waals surface area contributed by atoms with Crippen molar-refractivity contribution in [3.63, 3.8) is 0 Å². The summed E-state index contributed by atoms with van der Waals surface area (Å²) in [4.78, 5) is 10.6. The summed E-state index contributed by atoms with van der Waals surface area (Å²) < 4.78 is 0. The molecule has 0 unspecified atom stereocenters. The van der Waals surface area contributed by atoms with E-state index in [2.05, 4.69) is 6.92 Å². The van der Waals surface area contributed by atoms with E-state index in [0.29, 0.717) is 11.7 Å². The first-order valence-corrected chi connectivity index (χ1v) is 3.14. The molecule has 1 saturated carbocycles. The van der Waals surface area contributed by atoms with Crippen LogP contribution < -0.4 is 58.2 Å². The fourth-order valence-electron chi connectivity index (χ4n) is 1.000. The minimum atomic E-state index is 0. The first-order chi connectivity index (χ1) is 3.79. The van der Waals surface area contributed by atoms with Gasteiger partial charge in [-0.2, -0.15) is 5.92 Å². The fraction of sp³-hybridized carbons (Fsp3) is 0.714. The summed E-state index contributed by atoms with van der Waals surface area (Å²) in [6, 6.07) is 0. The molecule has 0 aliphatic heterocycles. The van der Waals surface area contributed by atoms with Gasteiger partial charge < -0.3 is 6.92 Å². The van der Waals surface area contributed by atoms with E-state index in [-0.39, 0.29) is 58.2 Å². The predicted octanol–water partition coefficient (Wildman–Crippen LogP) is -1.42. The van der Waals surface area contributed by atoms with Crippen LogP contribution in [0.2, 0.25) is 0 Å². The number of rotatable bonds is 0. The molecule has 0 bridgehead atoms. The first kappa shape index (κ1) is 10.5. The van der Waals surface area contributed by atoms with Gasteiger partial charge >= 0.3 is 58.2 Å². The Bertz CT molecular complexity index is 91.1. The third kappa shape index (κ3) is 4.02. The molecule has 1 fully saturated rings. The van der Waals surface area contributed by atoms with Gasteiger partial charge in [-0.25, -0.2) is 0 Å². The molecule has 0 aromatic rings. The summed E-state index contributed by atoms with van der Waals surface area (Å²) in [5, 5.41) is 0.